The van der Waals surface area contributed by atoms with E-state index in [9.17, 15) is 4.79 Å². The molecule has 0 spiro atoms. The van der Waals surface area contributed by atoms with Gasteiger partial charge in [0.25, 0.3) is 5.91 Å². The third kappa shape index (κ3) is 3.19. The van der Waals surface area contributed by atoms with Gasteiger partial charge in [-0.1, -0.05) is 23.8 Å². The molecule has 0 saturated heterocycles. The number of nitrogens with zero attached hydrogens (tertiary/aromatic N) is 1. The van der Waals surface area contributed by atoms with Crippen LogP contribution in [-0.2, 0) is 11.3 Å². The fraction of sp³-hybridized carbons (Fsp3) is 0.158. The first-order valence-electron chi connectivity index (χ1n) is 8.09. The van der Waals surface area contributed by atoms with Crippen LogP contribution < -0.4 is 15.4 Å². The predicted molar refractivity (Wildman–Crippen MR) is 96.7 cm³/mol. The zero-order valence-corrected chi connectivity index (χ0v) is 13.8. The molecule has 0 aliphatic carbocycles. The normalized spacial score (nSPS) is 12.9. The highest BCUT2D eigenvalue weighted by Crippen LogP contribution is 2.31. The van der Waals surface area contributed by atoms with Crippen LogP contribution in [-0.4, -0.2) is 22.7 Å². The average molecular weight is 334 g/mol. The minimum Gasteiger partial charge on any atom is -0.482 e. The number of benzene rings is 2. The van der Waals surface area contributed by atoms with E-state index in [4.69, 9.17) is 4.74 Å². The van der Waals surface area contributed by atoms with Crippen LogP contribution in [0.25, 0.3) is 11.3 Å². The number of hydrogen-bond acceptors (Lipinski definition) is 4. The van der Waals surface area contributed by atoms with Gasteiger partial charge in [0.2, 0.25) is 0 Å². The molecule has 4 rings (SSSR count). The number of amides is 1. The van der Waals surface area contributed by atoms with E-state index in [-0.39, 0.29) is 12.5 Å². The van der Waals surface area contributed by atoms with Crippen LogP contribution in [0.1, 0.15) is 11.1 Å². The number of carbonyl (C=O) groups excluding carboxylic acids is 1. The number of fused-ring (bicyclic) bond motifs is 1. The van der Waals surface area contributed by atoms with Crippen LogP contribution in [0.15, 0.2) is 48.7 Å². The highest BCUT2D eigenvalue weighted by atomic mass is 16.5. The smallest absolute Gasteiger partial charge is 0.262 e. The molecule has 0 bridgehead atoms. The summed E-state index contributed by atoms with van der Waals surface area (Å²) >= 11 is 0. The number of rotatable bonds is 4. The van der Waals surface area contributed by atoms with Crippen molar-refractivity contribution in [2.24, 2.45) is 0 Å². The molecule has 2 heterocycles. The number of H-pyrrole nitrogens is 1. The fourth-order valence-electron chi connectivity index (χ4n) is 2.88. The molecule has 6 heteroatoms. The largest absolute Gasteiger partial charge is 0.482 e. The number of aromatic amines is 1. The Morgan fingerprint density at radius 2 is 2.16 bits per heavy atom. The number of anilines is 2. The molecule has 1 aromatic heterocycles. The highest BCUT2D eigenvalue weighted by Gasteiger charge is 2.16. The van der Waals surface area contributed by atoms with E-state index in [1.807, 2.05) is 30.5 Å². The van der Waals surface area contributed by atoms with Crippen molar-refractivity contribution < 1.29 is 9.53 Å². The van der Waals surface area contributed by atoms with E-state index in [1.54, 1.807) is 0 Å². The molecular formula is C19H18N4O2. The topological polar surface area (TPSA) is 79.0 Å². The van der Waals surface area contributed by atoms with Gasteiger partial charge in [-0.15, -0.1) is 0 Å². The molecule has 1 aliphatic rings. The second-order valence-corrected chi connectivity index (χ2v) is 6.04. The summed E-state index contributed by atoms with van der Waals surface area (Å²) in [6.07, 6.45) is 1.83. The molecule has 6 nitrogen and oxygen atoms in total. The third-order valence-corrected chi connectivity index (χ3v) is 4.12. The third-order valence-electron chi connectivity index (χ3n) is 4.12. The predicted octanol–water partition coefficient (Wildman–Crippen LogP) is 3.33. The maximum absolute atomic E-state index is 11.3. The summed E-state index contributed by atoms with van der Waals surface area (Å²) in [4.78, 5) is 11.3. The van der Waals surface area contributed by atoms with Crippen LogP contribution in [0.5, 0.6) is 5.75 Å². The van der Waals surface area contributed by atoms with E-state index in [2.05, 4.69) is 46.0 Å². The Bertz CT molecular complexity index is 933. The van der Waals surface area contributed by atoms with Crippen molar-refractivity contribution in [2.75, 3.05) is 17.2 Å². The summed E-state index contributed by atoms with van der Waals surface area (Å²) in [6, 6.07) is 14.0. The summed E-state index contributed by atoms with van der Waals surface area (Å²) in [5, 5.41) is 13.4. The van der Waals surface area contributed by atoms with Crippen LogP contribution >= 0.6 is 0 Å². The quantitative estimate of drug-likeness (QED) is 0.684. The van der Waals surface area contributed by atoms with Gasteiger partial charge in [-0.05, 0) is 25.1 Å². The van der Waals surface area contributed by atoms with Gasteiger partial charge in [-0.25, -0.2) is 0 Å². The zero-order valence-electron chi connectivity index (χ0n) is 13.8. The number of hydrogen-bond donors (Lipinski definition) is 3. The van der Waals surface area contributed by atoms with Gasteiger partial charge in [0.05, 0.1) is 17.6 Å². The van der Waals surface area contributed by atoms with Gasteiger partial charge in [-0.2, -0.15) is 5.10 Å². The molecule has 0 radical (unpaired) electrons. The average Bonchev–Trinajstić information content (AvgIpc) is 3.08. The summed E-state index contributed by atoms with van der Waals surface area (Å²) in [6.45, 7) is 2.75. The molecular weight excluding hydrogens is 316 g/mol. The maximum Gasteiger partial charge on any atom is 0.262 e. The number of ether oxygens (including phenoxy) is 1. The minimum atomic E-state index is -0.130. The molecule has 2 aromatic carbocycles. The molecule has 0 fully saturated rings. The van der Waals surface area contributed by atoms with E-state index in [0.29, 0.717) is 18.0 Å². The lowest BCUT2D eigenvalue weighted by atomic mass is 10.1. The Labute approximate surface area is 145 Å². The van der Waals surface area contributed by atoms with Crippen molar-refractivity contribution in [3.8, 4) is 17.0 Å². The van der Waals surface area contributed by atoms with E-state index >= 15 is 0 Å². The van der Waals surface area contributed by atoms with Crippen molar-refractivity contribution in [3.05, 3.63) is 59.8 Å². The number of carbonyl (C=O) groups is 1. The van der Waals surface area contributed by atoms with E-state index < -0.39 is 0 Å². The first-order chi connectivity index (χ1) is 12.2. The number of aromatic nitrogens is 2. The summed E-state index contributed by atoms with van der Waals surface area (Å²) in [5.74, 6) is 0.546. The number of aryl methyl sites for hydroxylation is 1. The second-order valence-electron chi connectivity index (χ2n) is 6.04. The van der Waals surface area contributed by atoms with Crippen molar-refractivity contribution in [2.45, 2.75) is 13.5 Å². The van der Waals surface area contributed by atoms with Gasteiger partial charge in [-0.3, -0.25) is 9.89 Å². The Balaban J connectivity index is 1.51. The molecule has 3 aromatic rings. The molecule has 1 aliphatic heterocycles. The molecule has 0 unspecified atom stereocenters. The first-order valence-corrected chi connectivity index (χ1v) is 8.09. The highest BCUT2D eigenvalue weighted by molar-refractivity contribution is 5.95. The summed E-state index contributed by atoms with van der Waals surface area (Å²) in [5.41, 5.74) is 6.04. The first kappa shape index (κ1) is 15.3. The summed E-state index contributed by atoms with van der Waals surface area (Å²) < 4.78 is 5.45. The Morgan fingerprint density at radius 3 is 3.04 bits per heavy atom. The lowest BCUT2D eigenvalue weighted by Crippen LogP contribution is -2.25. The van der Waals surface area contributed by atoms with Crippen molar-refractivity contribution in [3.63, 3.8) is 0 Å². The fourth-order valence-corrected chi connectivity index (χ4v) is 2.88. The monoisotopic (exact) mass is 334 g/mol. The lowest BCUT2D eigenvalue weighted by molar-refractivity contribution is -0.118. The molecule has 0 atom stereocenters. The van der Waals surface area contributed by atoms with Crippen LogP contribution in [0, 0.1) is 6.92 Å². The van der Waals surface area contributed by atoms with E-state index in [0.717, 1.165) is 22.5 Å². The van der Waals surface area contributed by atoms with Crippen molar-refractivity contribution in [1.82, 2.24) is 10.2 Å². The van der Waals surface area contributed by atoms with Gasteiger partial charge in [0, 0.05) is 29.4 Å². The van der Waals surface area contributed by atoms with Gasteiger partial charge >= 0.3 is 0 Å². The summed E-state index contributed by atoms with van der Waals surface area (Å²) in [7, 11) is 0. The zero-order chi connectivity index (χ0) is 17.2. The molecule has 25 heavy (non-hydrogen) atoms. The van der Waals surface area contributed by atoms with Gasteiger partial charge in [0.1, 0.15) is 5.75 Å². The van der Waals surface area contributed by atoms with E-state index in [1.165, 1.54) is 5.56 Å². The van der Waals surface area contributed by atoms with Crippen LogP contribution in [0.2, 0.25) is 0 Å². The Morgan fingerprint density at radius 1 is 1.24 bits per heavy atom. The molecule has 1 amide bonds. The van der Waals surface area contributed by atoms with Crippen LogP contribution in [0.3, 0.4) is 0 Å². The van der Waals surface area contributed by atoms with Crippen molar-refractivity contribution in [1.29, 1.82) is 0 Å². The molecule has 0 saturated carbocycles. The lowest BCUT2D eigenvalue weighted by Gasteiger charge is -2.18. The molecule has 3 N–H and O–H groups in total. The maximum atomic E-state index is 11.3. The van der Waals surface area contributed by atoms with Gasteiger partial charge in [0.15, 0.2) is 6.61 Å². The van der Waals surface area contributed by atoms with Crippen LogP contribution in [0.4, 0.5) is 11.4 Å². The standard InChI is InChI=1S/C19H18N4O2/c1-12-3-2-4-13(7-12)19-14(10-21-23-19)9-20-15-5-6-16-17(8-15)25-11-18(24)22-16/h2-8,10,20H,9,11H2,1H3,(H,21,23)(H,22,24). The van der Waals surface area contributed by atoms with Gasteiger partial charge < -0.3 is 15.4 Å². The second kappa shape index (κ2) is 6.32. The Hall–Kier alpha value is -3.28. The molecule has 126 valence electrons. The SMILES string of the molecule is Cc1cccc(-c2[nH]ncc2CNc2ccc3c(c2)OCC(=O)N3)c1. The minimum absolute atomic E-state index is 0.0513. The Kier molecular flexibility index (Phi) is 3.85. The van der Waals surface area contributed by atoms with Crippen molar-refractivity contribution >= 4 is 17.3 Å². The number of nitrogens with one attached hydrogen (secondary N) is 3.